The number of hydrogen-bond donors (Lipinski definition) is 2. The van der Waals surface area contributed by atoms with Crippen molar-refractivity contribution in [2.24, 2.45) is 0 Å². The van der Waals surface area contributed by atoms with Crippen LogP contribution in [0.2, 0.25) is 0 Å². The molecule has 26 heavy (non-hydrogen) atoms. The highest BCUT2D eigenvalue weighted by molar-refractivity contribution is 7.86. The SMILES string of the molecule is O=S(=O)(O)CCc1ccc2nc3cccc(CCS(=O)(=O)O)c3nc2c1. The van der Waals surface area contributed by atoms with Gasteiger partial charge in [0.15, 0.2) is 0 Å². The van der Waals surface area contributed by atoms with Crippen LogP contribution in [0.25, 0.3) is 22.1 Å². The van der Waals surface area contributed by atoms with Gasteiger partial charge in [0, 0.05) is 0 Å². The summed E-state index contributed by atoms with van der Waals surface area (Å²) in [6.07, 6.45) is 0.234. The molecule has 0 unspecified atom stereocenters. The minimum Gasteiger partial charge on any atom is -0.286 e. The van der Waals surface area contributed by atoms with Crippen molar-refractivity contribution in [1.29, 1.82) is 0 Å². The molecule has 0 radical (unpaired) electrons. The molecule has 8 nitrogen and oxygen atoms in total. The number of fused-ring (bicyclic) bond motifs is 2. The summed E-state index contributed by atoms with van der Waals surface area (Å²) in [6.45, 7) is 0. The minimum absolute atomic E-state index is 0.0960. The van der Waals surface area contributed by atoms with Crippen LogP contribution in [0, 0.1) is 0 Å². The van der Waals surface area contributed by atoms with E-state index in [4.69, 9.17) is 9.11 Å². The van der Waals surface area contributed by atoms with E-state index in [0.717, 1.165) is 0 Å². The molecule has 1 aromatic heterocycles. The van der Waals surface area contributed by atoms with Crippen LogP contribution in [0.4, 0.5) is 0 Å². The maximum absolute atomic E-state index is 11.0. The van der Waals surface area contributed by atoms with Crippen LogP contribution in [0.5, 0.6) is 0 Å². The summed E-state index contributed by atoms with van der Waals surface area (Å²) in [7, 11) is -8.15. The highest BCUT2D eigenvalue weighted by atomic mass is 32.2. The van der Waals surface area contributed by atoms with Crippen molar-refractivity contribution in [3.63, 3.8) is 0 Å². The topological polar surface area (TPSA) is 135 Å². The molecule has 0 aliphatic rings. The number of para-hydroxylation sites is 1. The van der Waals surface area contributed by atoms with Crippen LogP contribution in [-0.2, 0) is 33.1 Å². The van der Waals surface area contributed by atoms with Gasteiger partial charge in [-0.3, -0.25) is 9.11 Å². The third-order valence-electron chi connectivity index (χ3n) is 3.89. The second-order valence-corrected chi connectivity index (χ2v) is 9.05. The first kappa shape index (κ1) is 18.6. The predicted octanol–water partition coefficient (Wildman–Crippen LogP) is 1.64. The molecule has 0 aliphatic carbocycles. The molecule has 138 valence electrons. The monoisotopic (exact) mass is 396 g/mol. The maximum atomic E-state index is 11.0. The van der Waals surface area contributed by atoms with E-state index in [1.54, 1.807) is 36.4 Å². The lowest BCUT2D eigenvalue weighted by atomic mass is 10.1. The van der Waals surface area contributed by atoms with E-state index in [0.29, 0.717) is 33.2 Å². The van der Waals surface area contributed by atoms with Gasteiger partial charge < -0.3 is 0 Å². The zero-order chi connectivity index (χ0) is 18.9. The zero-order valence-corrected chi connectivity index (χ0v) is 15.2. The summed E-state index contributed by atoms with van der Waals surface area (Å²) in [5, 5.41) is 0. The lowest BCUT2D eigenvalue weighted by Gasteiger charge is -2.07. The fraction of sp³-hybridized carbons (Fsp3) is 0.250. The molecule has 0 atom stereocenters. The number of aryl methyl sites for hydroxylation is 2. The molecule has 0 amide bonds. The molecule has 2 N–H and O–H groups in total. The smallest absolute Gasteiger partial charge is 0.265 e. The summed E-state index contributed by atoms with van der Waals surface area (Å²) in [6, 6.07) is 10.3. The lowest BCUT2D eigenvalue weighted by Crippen LogP contribution is -2.07. The van der Waals surface area contributed by atoms with Gasteiger partial charge in [-0.25, -0.2) is 9.97 Å². The highest BCUT2D eigenvalue weighted by Crippen LogP contribution is 2.21. The maximum Gasteiger partial charge on any atom is 0.265 e. The minimum atomic E-state index is -4.09. The van der Waals surface area contributed by atoms with E-state index in [1.165, 1.54) is 0 Å². The molecule has 0 saturated carbocycles. The Morgan fingerprint density at radius 1 is 0.769 bits per heavy atom. The van der Waals surface area contributed by atoms with Crippen LogP contribution >= 0.6 is 0 Å². The third-order valence-corrected chi connectivity index (χ3v) is 5.33. The first-order chi connectivity index (χ1) is 12.1. The van der Waals surface area contributed by atoms with Crippen molar-refractivity contribution in [3.05, 3.63) is 47.5 Å². The number of rotatable bonds is 6. The first-order valence-electron chi connectivity index (χ1n) is 7.69. The average molecular weight is 396 g/mol. The second-order valence-electron chi connectivity index (χ2n) is 5.90. The van der Waals surface area contributed by atoms with E-state index < -0.39 is 26.0 Å². The fourth-order valence-electron chi connectivity index (χ4n) is 2.64. The molecule has 0 fully saturated rings. The fourth-order valence-corrected chi connectivity index (χ4v) is 3.61. The van der Waals surface area contributed by atoms with E-state index >= 15 is 0 Å². The Hall–Kier alpha value is -2.14. The van der Waals surface area contributed by atoms with Crippen molar-refractivity contribution in [1.82, 2.24) is 9.97 Å². The summed E-state index contributed by atoms with van der Waals surface area (Å²) >= 11 is 0. The highest BCUT2D eigenvalue weighted by Gasteiger charge is 2.11. The lowest BCUT2D eigenvalue weighted by molar-refractivity contribution is 0.480. The molecule has 0 saturated heterocycles. The second kappa shape index (κ2) is 6.88. The van der Waals surface area contributed by atoms with Crippen LogP contribution in [0.3, 0.4) is 0 Å². The van der Waals surface area contributed by atoms with Crippen molar-refractivity contribution in [2.45, 2.75) is 12.8 Å². The summed E-state index contributed by atoms with van der Waals surface area (Å²) < 4.78 is 61.6. The Bertz CT molecular complexity index is 1190. The quantitative estimate of drug-likeness (QED) is 0.474. The van der Waals surface area contributed by atoms with E-state index in [2.05, 4.69) is 9.97 Å². The molecule has 2 aromatic carbocycles. The molecule has 0 spiro atoms. The third kappa shape index (κ3) is 4.73. The van der Waals surface area contributed by atoms with Gasteiger partial charge in [-0.15, -0.1) is 0 Å². The van der Waals surface area contributed by atoms with Gasteiger partial charge in [0.1, 0.15) is 0 Å². The first-order valence-corrected chi connectivity index (χ1v) is 10.9. The molecular weight excluding hydrogens is 380 g/mol. The van der Waals surface area contributed by atoms with Gasteiger partial charge in [0.25, 0.3) is 20.2 Å². The normalized spacial score (nSPS) is 12.7. The van der Waals surface area contributed by atoms with Crippen molar-refractivity contribution >= 4 is 42.3 Å². The Morgan fingerprint density at radius 3 is 2.15 bits per heavy atom. The van der Waals surface area contributed by atoms with Crippen LogP contribution in [0.1, 0.15) is 11.1 Å². The number of nitrogens with zero attached hydrogens (tertiary/aromatic N) is 2. The zero-order valence-electron chi connectivity index (χ0n) is 13.5. The summed E-state index contributed by atoms with van der Waals surface area (Å²) in [4.78, 5) is 9.02. The average Bonchev–Trinajstić information content (AvgIpc) is 2.54. The van der Waals surface area contributed by atoms with E-state index in [-0.39, 0.29) is 18.6 Å². The van der Waals surface area contributed by atoms with Crippen molar-refractivity contribution in [3.8, 4) is 0 Å². The van der Waals surface area contributed by atoms with Crippen LogP contribution in [-0.4, -0.2) is 47.4 Å². The van der Waals surface area contributed by atoms with Gasteiger partial charge in [0.05, 0.1) is 33.6 Å². The Kier molecular flexibility index (Phi) is 4.93. The molecule has 3 aromatic rings. The van der Waals surface area contributed by atoms with Gasteiger partial charge >= 0.3 is 0 Å². The summed E-state index contributed by atoms with van der Waals surface area (Å²) in [5.41, 5.74) is 3.58. The van der Waals surface area contributed by atoms with Crippen LogP contribution in [0.15, 0.2) is 36.4 Å². The van der Waals surface area contributed by atoms with Crippen LogP contribution < -0.4 is 0 Å². The van der Waals surface area contributed by atoms with E-state index in [9.17, 15) is 16.8 Å². The molecule has 0 aliphatic heterocycles. The van der Waals surface area contributed by atoms with E-state index in [1.807, 2.05) is 0 Å². The molecule has 10 heteroatoms. The van der Waals surface area contributed by atoms with Gasteiger partial charge in [-0.2, -0.15) is 16.8 Å². The molecule has 0 bridgehead atoms. The Balaban J connectivity index is 2.02. The molecule has 3 rings (SSSR count). The molecular formula is C16H16N2O6S2. The van der Waals surface area contributed by atoms with Crippen molar-refractivity contribution < 1.29 is 25.9 Å². The van der Waals surface area contributed by atoms with Gasteiger partial charge in [0.2, 0.25) is 0 Å². The van der Waals surface area contributed by atoms with Gasteiger partial charge in [-0.05, 0) is 42.2 Å². The van der Waals surface area contributed by atoms with Gasteiger partial charge in [-0.1, -0.05) is 18.2 Å². The number of hydrogen-bond acceptors (Lipinski definition) is 6. The summed E-state index contributed by atoms with van der Waals surface area (Å²) in [5.74, 6) is -0.806. The Morgan fingerprint density at radius 2 is 1.46 bits per heavy atom. The van der Waals surface area contributed by atoms with Crippen molar-refractivity contribution in [2.75, 3.05) is 11.5 Å². The Labute approximate surface area is 150 Å². The number of benzene rings is 2. The standard InChI is InChI=1S/C16H16N2O6S2/c19-25(20,21)8-6-11-4-5-13-15(10-11)18-16-12(7-9-26(22,23)24)2-1-3-14(16)17-13/h1-5,10H,6-9H2,(H,19,20,21)(H,22,23,24). The molecule has 1 heterocycles. The predicted molar refractivity (Wildman–Crippen MR) is 97.3 cm³/mol. The largest absolute Gasteiger partial charge is 0.286 e. The number of aromatic nitrogens is 2.